The summed E-state index contributed by atoms with van der Waals surface area (Å²) in [5.74, 6) is -0.468. The van der Waals surface area contributed by atoms with Gasteiger partial charge in [0.2, 0.25) is 0 Å². The van der Waals surface area contributed by atoms with Gasteiger partial charge in [0.15, 0.2) is 5.82 Å². The average molecular weight is 441 g/mol. The molecule has 0 aliphatic carbocycles. The number of rotatable bonds is 7. The van der Waals surface area contributed by atoms with Crippen LogP contribution in [0.3, 0.4) is 0 Å². The molecule has 30 heavy (non-hydrogen) atoms. The summed E-state index contributed by atoms with van der Waals surface area (Å²) in [5.41, 5.74) is 7.02. The smallest absolute Gasteiger partial charge is 0.466 e. The number of aromatic nitrogens is 4. The topological polar surface area (TPSA) is 150 Å². The van der Waals surface area contributed by atoms with Crippen LogP contribution in [-0.4, -0.2) is 57.7 Å². The van der Waals surface area contributed by atoms with Crippen molar-refractivity contribution in [1.82, 2.24) is 19.7 Å². The molecule has 12 nitrogen and oxygen atoms in total. The number of nitrogens with two attached hydrogens (primary N) is 1. The Labute approximate surface area is 172 Å². The van der Waals surface area contributed by atoms with E-state index in [1.54, 1.807) is 30.9 Å². The van der Waals surface area contributed by atoms with E-state index in [4.69, 9.17) is 28.8 Å². The van der Waals surface area contributed by atoms with E-state index >= 15 is 0 Å². The van der Waals surface area contributed by atoms with E-state index in [9.17, 15) is 9.36 Å². The molecule has 2 saturated heterocycles. The summed E-state index contributed by atoms with van der Waals surface area (Å²) >= 11 is 0. The fourth-order valence-electron chi connectivity index (χ4n) is 3.42. The standard InChI is InChI=1S/C17H24N5O7P/c1-3-25-17(23)10(2)4-5-26-30(24)27-8-13-12(29-30)6-14(28-13)22-9-19-15-11(22)7-20-21-16(15)18/h7,9-10,12-14H,3-6,8H2,1-2H3,(H2,18,21)/t10?,12-,13+,14+,30?/m1/s1. The summed E-state index contributed by atoms with van der Waals surface area (Å²) in [6, 6.07) is 0. The molecule has 0 bridgehead atoms. The number of fused-ring (bicyclic) bond motifs is 2. The summed E-state index contributed by atoms with van der Waals surface area (Å²) in [7, 11) is -3.74. The number of nitrogen functional groups attached to an aromatic ring is 1. The average Bonchev–Trinajstić information content (AvgIpc) is 3.32. The van der Waals surface area contributed by atoms with E-state index in [0.29, 0.717) is 30.5 Å². The Balaban J connectivity index is 1.36. The molecule has 2 aromatic rings. The predicted octanol–water partition coefficient (Wildman–Crippen LogP) is 1.83. The van der Waals surface area contributed by atoms with Gasteiger partial charge in [0.25, 0.3) is 0 Å². The van der Waals surface area contributed by atoms with Crippen LogP contribution in [-0.2, 0) is 32.4 Å². The van der Waals surface area contributed by atoms with E-state index < -0.39 is 26.3 Å². The molecule has 5 atom stereocenters. The Morgan fingerprint density at radius 2 is 2.30 bits per heavy atom. The molecule has 4 heterocycles. The van der Waals surface area contributed by atoms with Crippen molar-refractivity contribution in [2.24, 2.45) is 5.92 Å². The van der Waals surface area contributed by atoms with E-state index in [0.717, 1.165) is 0 Å². The maximum absolute atomic E-state index is 12.8. The highest BCUT2D eigenvalue weighted by molar-refractivity contribution is 7.48. The summed E-state index contributed by atoms with van der Waals surface area (Å²) in [4.78, 5) is 15.9. The number of hydrogen-bond acceptors (Lipinski definition) is 11. The number of esters is 1. The number of ether oxygens (including phenoxy) is 2. The lowest BCUT2D eigenvalue weighted by Gasteiger charge is -2.29. The van der Waals surface area contributed by atoms with Crippen LogP contribution < -0.4 is 5.73 Å². The summed E-state index contributed by atoms with van der Waals surface area (Å²) in [6.45, 7) is 3.89. The van der Waals surface area contributed by atoms with E-state index in [-0.39, 0.29) is 30.9 Å². The zero-order valence-corrected chi connectivity index (χ0v) is 17.6. The molecule has 0 saturated carbocycles. The molecule has 13 heteroatoms. The van der Waals surface area contributed by atoms with Crippen LogP contribution in [0.25, 0.3) is 11.0 Å². The van der Waals surface area contributed by atoms with Crippen molar-refractivity contribution in [3.05, 3.63) is 12.5 Å². The minimum atomic E-state index is -3.74. The van der Waals surface area contributed by atoms with Crippen LogP contribution >= 0.6 is 7.82 Å². The summed E-state index contributed by atoms with van der Waals surface area (Å²) in [6.07, 6.45) is 2.64. The van der Waals surface area contributed by atoms with Crippen LogP contribution in [0, 0.1) is 5.92 Å². The van der Waals surface area contributed by atoms with Crippen molar-refractivity contribution in [2.45, 2.75) is 45.1 Å². The lowest BCUT2D eigenvalue weighted by Crippen LogP contribution is -2.33. The number of phosphoric acid groups is 1. The zero-order chi connectivity index (χ0) is 21.3. The van der Waals surface area contributed by atoms with Gasteiger partial charge >= 0.3 is 13.8 Å². The molecule has 2 aliphatic rings. The number of nitrogens with zero attached hydrogens (tertiary/aromatic N) is 4. The second-order valence-corrected chi connectivity index (χ2v) is 8.76. The molecule has 164 valence electrons. The van der Waals surface area contributed by atoms with Crippen molar-refractivity contribution >= 4 is 30.6 Å². The van der Waals surface area contributed by atoms with Crippen LogP contribution in [0.5, 0.6) is 0 Å². The first-order valence-corrected chi connectivity index (χ1v) is 11.2. The largest absolute Gasteiger partial charge is 0.475 e. The van der Waals surface area contributed by atoms with Gasteiger partial charge in [0, 0.05) is 6.42 Å². The minimum absolute atomic E-state index is 0.0447. The first kappa shape index (κ1) is 21.1. The molecule has 2 fully saturated rings. The quantitative estimate of drug-likeness (QED) is 0.495. The van der Waals surface area contributed by atoms with E-state index in [1.807, 2.05) is 0 Å². The molecule has 2 aromatic heterocycles. The highest BCUT2D eigenvalue weighted by Crippen LogP contribution is 2.56. The van der Waals surface area contributed by atoms with Crippen LogP contribution in [0.2, 0.25) is 0 Å². The number of imidazole rings is 1. The third-order valence-corrected chi connectivity index (χ3v) is 6.55. The molecule has 0 radical (unpaired) electrons. The second-order valence-electron chi connectivity index (χ2n) is 7.14. The first-order chi connectivity index (χ1) is 14.4. The number of hydrogen-bond donors (Lipinski definition) is 1. The van der Waals surface area contributed by atoms with Crippen molar-refractivity contribution in [3.63, 3.8) is 0 Å². The van der Waals surface area contributed by atoms with Crippen LogP contribution in [0.15, 0.2) is 12.5 Å². The highest BCUT2D eigenvalue weighted by Gasteiger charge is 2.48. The SMILES string of the molecule is CCOC(=O)C(C)CCOP1(=O)OC[C@@H]2O[C@H](n3cnc4c(N)nncc43)C[C@H]2O1. The van der Waals surface area contributed by atoms with Gasteiger partial charge < -0.3 is 19.8 Å². The van der Waals surface area contributed by atoms with Crippen molar-refractivity contribution < 1.29 is 32.4 Å². The fraction of sp³-hybridized carbons (Fsp3) is 0.647. The highest BCUT2D eigenvalue weighted by atomic mass is 31.2. The lowest BCUT2D eigenvalue weighted by atomic mass is 10.1. The Kier molecular flexibility index (Phi) is 6.03. The number of carbonyl (C=O) groups excluding carboxylic acids is 1. The third kappa shape index (κ3) is 4.19. The lowest BCUT2D eigenvalue weighted by molar-refractivity contribution is -0.147. The maximum Gasteiger partial charge on any atom is 0.475 e. The molecule has 0 amide bonds. The fourth-order valence-corrected chi connectivity index (χ4v) is 4.83. The Bertz CT molecular complexity index is 969. The molecule has 0 aromatic carbocycles. The van der Waals surface area contributed by atoms with Gasteiger partial charge in [0.05, 0.1) is 43.8 Å². The Morgan fingerprint density at radius 1 is 1.47 bits per heavy atom. The molecule has 2 N–H and O–H groups in total. The summed E-state index contributed by atoms with van der Waals surface area (Å²) < 4.78 is 41.9. The first-order valence-electron chi connectivity index (χ1n) is 9.73. The van der Waals surface area contributed by atoms with Gasteiger partial charge in [-0.1, -0.05) is 6.92 Å². The molecular weight excluding hydrogens is 417 g/mol. The van der Waals surface area contributed by atoms with Gasteiger partial charge in [-0.3, -0.25) is 18.4 Å². The molecule has 2 unspecified atom stereocenters. The van der Waals surface area contributed by atoms with Crippen molar-refractivity contribution in [3.8, 4) is 0 Å². The van der Waals surface area contributed by atoms with Gasteiger partial charge in [-0.05, 0) is 13.3 Å². The van der Waals surface area contributed by atoms with Gasteiger partial charge in [-0.25, -0.2) is 9.55 Å². The van der Waals surface area contributed by atoms with E-state index in [2.05, 4.69) is 15.2 Å². The Morgan fingerprint density at radius 3 is 3.10 bits per heavy atom. The third-order valence-electron chi connectivity index (χ3n) is 5.06. The van der Waals surface area contributed by atoms with Gasteiger partial charge in [0.1, 0.15) is 24.0 Å². The molecular formula is C17H24N5O7P. The van der Waals surface area contributed by atoms with Crippen molar-refractivity contribution in [2.75, 3.05) is 25.6 Å². The number of phosphoric ester groups is 1. The predicted molar refractivity (Wildman–Crippen MR) is 103 cm³/mol. The number of anilines is 1. The van der Waals surface area contributed by atoms with Crippen molar-refractivity contribution in [1.29, 1.82) is 0 Å². The van der Waals surface area contributed by atoms with Gasteiger partial charge in [-0.2, -0.15) is 5.10 Å². The minimum Gasteiger partial charge on any atom is -0.466 e. The van der Waals surface area contributed by atoms with Gasteiger partial charge in [-0.15, -0.1) is 5.10 Å². The molecule has 2 aliphatic heterocycles. The molecule has 0 spiro atoms. The van der Waals surface area contributed by atoms with Crippen LogP contribution in [0.1, 0.15) is 32.9 Å². The monoisotopic (exact) mass is 441 g/mol. The maximum atomic E-state index is 12.8. The number of carbonyl (C=O) groups is 1. The Hall–Kier alpha value is -2.11. The van der Waals surface area contributed by atoms with Crippen LogP contribution in [0.4, 0.5) is 5.82 Å². The zero-order valence-electron chi connectivity index (χ0n) is 16.7. The summed E-state index contributed by atoms with van der Waals surface area (Å²) in [5, 5.41) is 7.64. The second kappa shape index (κ2) is 8.56. The molecule has 4 rings (SSSR count). The van der Waals surface area contributed by atoms with E-state index in [1.165, 1.54) is 0 Å². The normalized spacial score (nSPS) is 29.6.